The van der Waals surface area contributed by atoms with E-state index < -0.39 is 0 Å². The van der Waals surface area contributed by atoms with Gasteiger partial charge in [-0.2, -0.15) is 0 Å². The van der Waals surface area contributed by atoms with Gasteiger partial charge in [-0.15, -0.1) is 0 Å². The summed E-state index contributed by atoms with van der Waals surface area (Å²) in [6, 6.07) is 75.9. The Balaban J connectivity index is 0.865. The quantitative estimate of drug-likeness (QED) is 0.173. The number of hydrogen-bond donors (Lipinski definition) is 0. The van der Waals surface area contributed by atoms with Gasteiger partial charge in [0.2, 0.25) is 0 Å². The summed E-state index contributed by atoms with van der Waals surface area (Å²) in [4.78, 5) is 2.38. The fraction of sp³-hybridized carbons (Fsp3) is 0.0492. The summed E-state index contributed by atoms with van der Waals surface area (Å²) in [5.74, 6) is 0. The third-order valence-electron chi connectivity index (χ3n) is 14.3. The highest BCUT2D eigenvalue weighted by atomic mass is 16.3. The molecule has 14 rings (SSSR count). The Morgan fingerprint density at radius 3 is 1.88 bits per heavy atom. The van der Waals surface area contributed by atoms with Gasteiger partial charge in [-0.3, -0.25) is 0 Å². The van der Waals surface area contributed by atoms with E-state index in [4.69, 9.17) is 4.42 Å². The lowest BCUT2D eigenvalue weighted by Crippen LogP contribution is -2.16. The van der Waals surface area contributed by atoms with Gasteiger partial charge in [0.15, 0.2) is 0 Å². The highest BCUT2D eigenvalue weighted by Gasteiger charge is 2.36. The van der Waals surface area contributed by atoms with E-state index >= 15 is 0 Å². The maximum absolute atomic E-state index is 6.48. The Morgan fingerprint density at radius 1 is 0.391 bits per heavy atom. The summed E-state index contributed by atoms with van der Waals surface area (Å²) in [7, 11) is 0. The SMILES string of the molecule is CC1(C)c2ccccc2-c2ccc(N(c3ccccc3)c3ccc(-c4ccc(-n5c6cccc7c6c6c8c(cccc8ccc65)-c5cc6c(cc5-7)oc5ccccc56)cc4)cc3)cc21. The second-order valence-electron chi connectivity index (χ2n) is 18.1. The van der Waals surface area contributed by atoms with E-state index in [2.05, 4.69) is 224 Å². The van der Waals surface area contributed by atoms with Gasteiger partial charge in [0, 0.05) is 49.7 Å². The molecule has 3 nitrogen and oxygen atoms in total. The largest absolute Gasteiger partial charge is 0.456 e. The molecule has 0 N–H and O–H groups in total. The maximum atomic E-state index is 6.48. The van der Waals surface area contributed by atoms with Gasteiger partial charge in [0.05, 0.1) is 11.0 Å². The van der Waals surface area contributed by atoms with Crippen LogP contribution < -0.4 is 4.90 Å². The molecule has 2 aliphatic rings. The molecular formula is C61H40N2O. The van der Waals surface area contributed by atoms with E-state index in [1.54, 1.807) is 0 Å². The van der Waals surface area contributed by atoms with Crippen molar-refractivity contribution in [3.63, 3.8) is 0 Å². The van der Waals surface area contributed by atoms with E-state index in [0.717, 1.165) is 44.7 Å². The van der Waals surface area contributed by atoms with Crippen molar-refractivity contribution in [3.05, 3.63) is 217 Å². The predicted octanol–water partition coefficient (Wildman–Crippen LogP) is 16.9. The molecule has 2 aromatic heterocycles. The summed E-state index contributed by atoms with van der Waals surface area (Å²) in [5, 5.41) is 7.44. The lowest BCUT2D eigenvalue weighted by molar-refractivity contribution is 0.660. The Bertz CT molecular complexity index is 3910. The molecule has 0 atom stereocenters. The van der Waals surface area contributed by atoms with E-state index in [-0.39, 0.29) is 5.41 Å². The van der Waals surface area contributed by atoms with Crippen molar-refractivity contribution in [1.29, 1.82) is 0 Å². The van der Waals surface area contributed by atoms with Crippen molar-refractivity contribution >= 4 is 71.6 Å². The van der Waals surface area contributed by atoms with Crippen LogP contribution in [0.1, 0.15) is 25.0 Å². The van der Waals surface area contributed by atoms with Crippen molar-refractivity contribution in [2.24, 2.45) is 0 Å². The zero-order valence-electron chi connectivity index (χ0n) is 35.4. The molecule has 0 bridgehead atoms. The fourth-order valence-electron chi connectivity index (χ4n) is 11.3. The number of rotatable bonds is 5. The second kappa shape index (κ2) is 12.9. The molecule has 0 spiro atoms. The Labute approximate surface area is 370 Å². The molecule has 300 valence electrons. The highest BCUT2D eigenvalue weighted by molar-refractivity contribution is 6.31. The molecule has 2 aliphatic carbocycles. The number of aromatic nitrogens is 1. The van der Waals surface area contributed by atoms with Crippen LogP contribution in [-0.2, 0) is 5.41 Å². The van der Waals surface area contributed by atoms with Crippen LogP contribution in [0.15, 0.2) is 211 Å². The summed E-state index contributed by atoms with van der Waals surface area (Å²) >= 11 is 0. The average molecular weight is 817 g/mol. The van der Waals surface area contributed by atoms with Crippen LogP contribution in [0.4, 0.5) is 17.1 Å². The zero-order chi connectivity index (χ0) is 42.3. The summed E-state index contributed by atoms with van der Waals surface area (Å²) in [6.07, 6.45) is 0. The monoisotopic (exact) mass is 816 g/mol. The normalized spacial score (nSPS) is 13.3. The molecule has 0 amide bonds. The molecule has 0 saturated heterocycles. The number of benzene rings is 10. The van der Waals surface area contributed by atoms with Crippen LogP contribution >= 0.6 is 0 Å². The van der Waals surface area contributed by atoms with Crippen molar-refractivity contribution in [1.82, 2.24) is 4.57 Å². The Kier molecular flexibility index (Phi) is 7.17. The van der Waals surface area contributed by atoms with Crippen molar-refractivity contribution in [2.45, 2.75) is 19.3 Å². The molecule has 64 heavy (non-hydrogen) atoms. The minimum absolute atomic E-state index is 0.0806. The molecule has 0 aliphatic heterocycles. The lowest BCUT2D eigenvalue weighted by atomic mass is 9.82. The molecule has 0 radical (unpaired) electrons. The number of anilines is 3. The lowest BCUT2D eigenvalue weighted by Gasteiger charge is -2.28. The first-order valence-electron chi connectivity index (χ1n) is 22.2. The van der Waals surface area contributed by atoms with Crippen molar-refractivity contribution < 1.29 is 4.42 Å². The van der Waals surface area contributed by atoms with Gasteiger partial charge in [-0.1, -0.05) is 141 Å². The summed E-state index contributed by atoms with van der Waals surface area (Å²) in [6.45, 7) is 4.70. The molecular weight excluding hydrogens is 777 g/mol. The molecule has 0 fully saturated rings. The smallest absolute Gasteiger partial charge is 0.136 e. The standard InChI is InChI=1S/C61H40N2O/c1-61(2)52-19-8-6-15-44(52)45-32-31-43(34-53(45)61)62(40-13-4-3-5-14-40)41-27-22-37(23-28-41)38-24-29-42(30-25-38)63-54-20-11-18-48-50-36-57-51(46-16-7-9-21-56(46)64-57)35-49(50)47-17-10-12-39-26-33-55(63)60(58(39)47)59(48)54/h3-36H,1-2H3. The van der Waals surface area contributed by atoms with Crippen molar-refractivity contribution in [2.75, 3.05) is 4.90 Å². The van der Waals surface area contributed by atoms with E-state index in [9.17, 15) is 0 Å². The van der Waals surface area contributed by atoms with Gasteiger partial charge in [-0.25, -0.2) is 0 Å². The number of hydrogen-bond acceptors (Lipinski definition) is 2. The number of para-hydroxylation sites is 2. The Hall–Kier alpha value is -8.14. The molecule has 2 heterocycles. The molecule has 10 aromatic carbocycles. The van der Waals surface area contributed by atoms with Crippen LogP contribution in [0.3, 0.4) is 0 Å². The van der Waals surface area contributed by atoms with Crippen LogP contribution in [-0.4, -0.2) is 4.57 Å². The first-order valence-corrected chi connectivity index (χ1v) is 22.2. The molecule has 0 unspecified atom stereocenters. The molecule has 0 saturated carbocycles. The minimum Gasteiger partial charge on any atom is -0.456 e. The van der Waals surface area contributed by atoms with Gasteiger partial charge >= 0.3 is 0 Å². The first-order chi connectivity index (χ1) is 31.5. The number of fused-ring (bicyclic) bond motifs is 9. The maximum Gasteiger partial charge on any atom is 0.136 e. The third-order valence-corrected chi connectivity index (χ3v) is 14.3. The van der Waals surface area contributed by atoms with Crippen LogP contribution in [0.2, 0.25) is 0 Å². The van der Waals surface area contributed by atoms with Gasteiger partial charge in [0.25, 0.3) is 0 Å². The zero-order valence-corrected chi connectivity index (χ0v) is 35.4. The first kappa shape index (κ1) is 35.5. The van der Waals surface area contributed by atoms with E-state index in [0.29, 0.717) is 0 Å². The van der Waals surface area contributed by atoms with Crippen LogP contribution in [0.5, 0.6) is 0 Å². The second-order valence-corrected chi connectivity index (χ2v) is 18.1. The summed E-state index contributed by atoms with van der Waals surface area (Å²) in [5.41, 5.74) is 21.4. The fourth-order valence-corrected chi connectivity index (χ4v) is 11.3. The highest BCUT2D eigenvalue weighted by Crippen LogP contribution is 2.53. The average Bonchev–Trinajstić information content (AvgIpc) is 3.93. The topological polar surface area (TPSA) is 21.3 Å². The van der Waals surface area contributed by atoms with E-state index in [1.807, 2.05) is 6.07 Å². The molecule has 12 aromatic rings. The van der Waals surface area contributed by atoms with E-state index in [1.165, 1.54) is 88.2 Å². The summed E-state index contributed by atoms with van der Waals surface area (Å²) < 4.78 is 8.94. The van der Waals surface area contributed by atoms with Gasteiger partial charge in [0.1, 0.15) is 11.2 Å². The van der Waals surface area contributed by atoms with Crippen molar-refractivity contribution in [3.8, 4) is 50.2 Å². The number of furan rings is 1. The number of nitrogens with zero attached hydrogens (tertiary/aromatic N) is 2. The van der Waals surface area contributed by atoms with Crippen LogP contribution in [0, 0.1) is 0 Å². The Morgan fingerprint density at radius 2 is 1.03 bits per heavy atom. The van der Waals surface area contributed by atoms with Crippen LogP contribution in [0.25, 0.3) is 105 Å². The molecule has 3 heteroatoms. The minimum atomic E-state index is -0.0806. The third kappa shape index (κ3) is 4.87. The predicted molar refractivity (Wildman–Crippen MR) is 268 cm³/mol. The van der Waals surface area contributed by atoms with Gasteiger partial charge < -0.3 is 13.9 Å². The van der Waals surface area contributed by atoms with Gasteiger partial charge in [-0.05, 0) is 145 Å².